The van der Waals surface area contributed by atoms with Crippen molar-refractivity contribution in [3.63, 3.8) is 0 Å². The van der Waals surface area contributed by atoms with Gasteiger partial charge in [-0.05, 0) is 60.0 Å². The van der Waals surface area contributed by atoms with E-state index >= 15 is 0 Å². The van der Waals surface area contributed by atoms with E-state index in [1.54, 1.807) is 44.8 Å². The lowest BCUT2D eigenvalue weighted by Crippen LogP contribution is -2.36. The summed E-state index contributed by atoms with van der Waals surface area (Å²) in [6.07, 6.45) is 3.53. The summed E-state index contributed by atoms with van der Waals surface area (Å²) in [5, 5.41) is 2.87. The van der Waals surface area contributed by atoms with Crippen LogP contribution < -0.4 is 14.8 Å². The monoisotopic (exact) mass is 684 g/mol. The van der Waals surface area contributed by atoms with Gasteiger partial charge >= 0.3 is 0 Å². The minimum absolute atomic E-state index is 0.188. The van der Waals surface area contributed by atoms with Crippen LogP contribution in [0.4, 0.5) is 5.82 Å². The number of hydrogen-bond acceptors (Lipinski definition) is 9. The van der Waals surface area contributed by atoms with Crippen LogP contribution in [0.25, 0.3) is 11.2 Å². The Morgan fingerprint density at radius 1 is 0.804 bits per heavy atom. The molecule has 2 aromatic heterocycles. The Morgan fingerprint density at radius 3 is 2.02 bits per heavy atom. The zero-order chi connectivity index (χ0) is 35.2. The molecule has 0 spiro atoms. The first-order chi connectivity index (χ1) is 25.0. The van der Waals surface area contributed by atoms with Crippen LogP contribution in [0.1, 0.15) is 40.2 Å². The summed E-state index contributed by atoms with van der Waals surface area (Å²) in [6.45, 7) is 2.58. The molecule has 259 valence electrons. The van der Waals surface area contributed by atoms with Crippen LogP contribution in [-0.4, -0.2) is 65.1 Å². The fourth-order valence-corrected chi connectivity index (χ4v) is 6.44. The molecule has 1 amide bonds. The molecule has 51 heavy (non-hydrogen) atoms. The number of benzene rings is 4. The van der Waals surface area contributed by atoms with Crippen LogP contribution in [0.2, 0.25) is 0 Å². The number of nitrogens with zero attached hydrogens (tertiary/aromatic N) is 4. The van der Waals surface area contributed by atoms with Gasteiger partial charge in [0.15, 0.2) is 23.2 Å². The third-order valence-electron chi connectivity index (χ3n) is 8.90. The Kier molecular flexibility index (Phi) is 10.0. The van der Waals surface area contributed by atoms with Crippen molar-refractivity contribution in [1.29, 1.82) is 0 Å². The average molecular weight is 685 g/mol. The molecular formula is C40H38N5O6. The highest BCUT2D eigenvalue weighted by molar-refractivity contribution is 6.06. The molecule has 4 aromatic carbocycles. The number of hydrogen-bond donors (Lipinski definition) is 1. The van der Waals surface area contributed by atoms with E-state index in [4.69, 9.17) is 23.7 Å². The van der Waals surface area contributed by atoms with Gasteiger partial charge in [0.2, 0.25) is 0 Å². The smallest absolute Gasteiger partial charge is 0.256 e. The SMILES string of the molecule is CCO[C@@H]1[CH][C@@H](COC(c2ccccc2)(c2ccc(OC)cc2)c2ccc(OC)cc2)O[C@H]1n1cnc2c(NC(=O)c3ccccc3)ncnc21. The molecule has 0 saturated carbocycles. The van der Waals surface area contributed by atoms with Gasteiger partial charge in [0.05, 0.1) is 33.3 Å². The summed E-state index contributed by atoms with van der Waals surface area (Å²) < 4.78 is 32.8. The third kappa shape index (κ3) is 6.79. The van der Waals surface area contributed by atoms with Gasteiger partial charge < -0.3 is 29.0 Å². The lowest BCUT2D eigenvalue weighted by atomic mass is 9.80. The van der Waals surface area contributed by atoms with Gasteiger partial charge in [-0.2, -0.15) is 0 Å². The quantitative estimate of drug-likeness (QED) is 0.134. The molecule has 3 atom stereocenters. The first kappa shape index (κ1) is 33.9. The van der Waals surface area contributed by atoms with Crippen LogP contribution in [0.5, 0.6) is 11.5 Å². The molecule has 0 bridgehead atoms. The van der Waals surface area contributed by atoms with E-state index in [0.717, 1.165) is 28.2 Å². The number of carbonyl (C=O) groups is 1. The maximum absolute atomic E-state index is 12.9. The number of aromatic nitrogens is 4. The van der Waals surface area contributed by atoms with Crippen molar-refractivity contribution in [2.75, 3.05) is 32.8 Å². The lowest BCUT2D eigenvalue weighted by molar-refractivity contribution is -0.0915. The van der Waals surface area contributed by atoms with Gasteiger partial charge in [0.25, 0.3) is 5.91 Å². The van der Waals surface area contributed by atoms with Gasteiger partial charge in [-0.1, -0.05) is 72.8 Å². The minimum atomic E-state index is -1.02. The second-order valence-electron chi connectivity index (χ2n) is 11.9. The molecule has 1 saturated heterocycles. The number of nitrogens with one attached hydrogen (secondary N) is 1. The van der Waals surface area contributed by atoms with Gasteiger partial charge in [-0.15, -0.1) is 0 Å². The van der Waals surface area contributed by atoms with E-state index in [2.05, 4.69) is 32.4 Å². The summed E-state index contributed by atoms with van der Waals surface area (Å²) in [5.74, 6) is 1.48. The van der Waals surface area contributed by atoms with Crippen molar-refractivity contribution >= 4 is 22.9 Å². The molecule has 0 aliphatic carbocycles. The third-order valence-corrected chi connectivity index (χ3v) is 8.90. The van der Waals surface area contributed by atoms with Gasteiger partial charge in [-0.25, -0.2) is 15.0 Å². The molecule has 7 rings (SSSR count). The van der Waals surface area contributed by atoms with Crippen molar-refractivity contribution in [3.05, 3.63) is 151 Å². The molecule has 3 heterocycles. The molecular weight excluding hydrogens is 646 g/mol. The van der Waals surface area contributed by atoms with E-state index in [0.29, 0.717) is 29.2 Å². The Labute approximate surface area is 296 Å². The van der Waals surface area contributed by atoms with Crippen molar-refractivity contribution in [2.45, 2.75) is 31.0 Å². The standard InChI is InChI=1S/C40H38N5O6/c1-4-49-34-23-33(51-39(34)45-26-43-35-36(41-25-42-37(35)45)44-38(46)27-11-7-5-8-12-27)24-50-40(28-13-9-6-10-14-28,29-15-19-31(47-2)20-16-29)30-17-21-32(48-3)22-18-30/h5-23,25-26,33-34,39H,4,24H2,1-3H3,(H,41,42,44,46)/t33-,34+,39+/m0/s1. The molecule has 6 aromatic rings. The van der Waals surface area contributed by atoms with E-state index in [1.165, 1.54) is 6.33 Å². The predicted octanol–water partition coefficient (Wildman–Crippen LogP) is 6.61. The summed E-state index contributed by atoms with van der Waals surface area (Å²) in [7, 11) is 3.30. The van der Waals surface area contributed by atoms with Crippen molar-refractivity contribution in [3.8, 4) is 11.5 Å². The zero-order valence-corrected chi connectivity index (χ0v) is 28.5. The van der Waals surface area contributed by atoms with Crippen LogP contribution in [0.15, 0.2) is 122 Å². The van der Waals surface area contributed by atoms with Crippen molar-refractivity contribution < 1.29 is 28.5 Å². The fraction of sp³-hybridized carbons (Fsp3) is 0.225. The van der Waals surface area contributed by atoms with Crippen LogP contribution in [0.3, 0.4) is 0 Å². The average Bonchev–Trinajstić information content (AvgIpc) is 3.81. The molecule has 0 unspecified atom stereocenters. The summed E-state index contributed by atoms with van der Waals surface area (Å²) >= 11 is 0. The number of amides is 1. The Morgan fingerprint density at radius 2 is 1.41 bits per heavy atom. The summed E-state index contributed by atoms with van der Waals surface area (Å²) in [6, 6.07) is 34.9. The highest BCUT2D eigenvalue weighted by atomic mass is 16.6. The summed E-state index contributed by atoms with van der Waals surface area (Å²) in [5.41, 5.74) is 3.19. The van der Waals surface area contributed by atoms with E-state index < -0.39 is 24.0 Å². The number of imidazole rings is 1. The number of carbonyl (C=O) groups excluding carboxylic acids is 1. The fourth-order valence-electron chi connectivity index (χ4n) is 6.44. The Bertz CT molecular complexity index is 2010. The number of rotatable bonds is 13. The Hall–Kier alpha value is -5.62. The highest BCUT2D eigenvalue weighted by Gasteiger charge is 2.43. The van der Waals surface area contributed by atoms with Crippen LogP contribution in [-0.2, 0) is 19.8 Å². The predicted molar refractivity (Wildman–Crippen MR) is 192 cm³/mol. The number of fused-ring (bicyclic) bond motifs is 1. The second kappa shape index (κ2) is 15.1. The maximum atomic E-state index is 12.9. The van der Waals surface area contributed by atoms with E-state index in [9.17, 15) is 4.79 Å². The zero-order valence-electron chi connectivity index (χ0n) is 28.5. The van der Waals surface area contributed by atoms with Crippen LogP contribution >= 0.6 is 0 Å². The normalized spacial score (nSPS) is 17.4. The first-order valence-corrected chi connectivity index (χ1v) is 16.7. The summed E-state index contributed by atoms with van der Waals surface area (Å²) in [4.78, 5) is 26.4. The van der Waals surface area contributed by atoms with Crippen molar-refractivity contribution in [1.82, 2.24) is 19.5 Å². The highest BCUT2D eigenvalue weighted by Crippen LogP contribution is 2.43. The van der Waals surface area contributed by atoms with E-state index in [1.807, 2.05) is 90.7 Å². The molecule has 1 aliphatic heterocycles. The molecule has 1 N–H and O–H groups in total. The molecule has 1 aliphatic rings. The second-order valence-corrected chi connectivity index (χ2v) is 11.9. The maximum Gasteiger partial charge on any atom is 0.256 e. The first-order valence-electron chi connectivity index (χ1n) is 16.7. The number of anilines is 1. The van der Waals surface area contributed by atoms with Crippen LogP contribution in [0, 0.1) is 6.42 Å². The molecule has 11 heteroatoms. The Balaban J connectivity index is 1.20. The van der Waals surface area contributed by atoms with E-state index in [-0.39, 0.29) is 12.5 Å². The van der Waals surface area contributed by atoms with Gasteiger partial charge in [0.1, 0.15) is 29.5 Å². The molecule has 1 radical (unpaired) electrons. The molecule has 11 nitrogen and oxygen atoms in total. The number of methoxy groups -OCH3 is 2. The number of ether oxygens (including phenoxy) is 5. The largest absolute Gasteiger partial charge is 0.497 e. The minimum Gasteiger partial charge on any atom is -0.497 e. The lowest BCUT2D eigenvalue weighted by Gasteiger charge is -2.37. The van der Waals surface area contributed by atoms with Gasteiger partial charge in [0, 0.05) is 18.6 Å². The van der Waals surface area contributed by atoms with Crippen molar-refractivity contribution in [2.24, 2.45) is 0 Å². The molecule has 1 fully saturated rings. The topological polar surface area (TPSA) is 119 Å². The van der Waals surface area contributed by atoms with Gasteiger partial charge in [-0.3, -0.25) is 9.36 Å².